The van der Waals surface area contributed by atoms with Crippen molar-refractivity contribution in [2.45, 2.75) is 13.3 Å². The highest BCUT2D eigenvalue weighted by Gasteiger charge is 2.12. The summed E-state index contributed by atoms with van der Waals surface area (Å²) in [5, 5.41) is 0.695. The summed E-state index contributed by atoms with van der Waals surface area (Å²) in [5.74, 6) is 1.66. The zero-order valence-electron chi connectivity index (χ0n) is 9.37. The minimum atomic E-state index is 0.680. The van der Waals surface area contributed by atoms with Crippen molar-refractivity contribution in [3.63, 3.8) is 0 Å². The quantitative estimate of drug-likeness (QED) is 0.870. The van der Waals surface area contributed by atoms with E-state index in [1.807, 2.05) is 35.9 Å². The lowest BCUT2D eigenvalue weighted by Gasteiger charge is -2.01. The van der Waals surface area contributed by atoms with Gasteiger partial charge in [0.25, 0.3) is 0 Å². The van der Waals surface area contributed by atoms with E-state index in [4.69, 9.17) is 17.3 Å². The summed E-state index contributed by atoms with van der Waals surface area (Å²) < 4.78 is 1.91. The fourth-order valence-electron chi connectivity index (χ4n) is 1.72. The van der Waals surface area contributed by atoms with Crippen molar-refractivity contribution in [1.82, 2.24) is 9.55 Å². The molecule has 0 aliphatic carbocycles. The van der Waals surface area contributed by atoms with E-state index in [1.165, 1.54) is 0 Å². The number of benzene rings is 1. The normalized spacial score (nSPS) is 10.7. The minimum absolute atomic E-state index is 0.680. The number of aromatic nitrogens is 2. The van der Waals surface area contributed by atoms with E-state index in [0.717, 1.165) is 23.5 Å². The van der Waals surface area contributed by atoms with E-state index in [0.29, 0.717) is 10.8 Å². The number of nitrogen functional groups attached to an aromatic ring is 1. The van der Waals surface area contributed by atoms with Crippen LogP contribution in [-0.2, 0) is 13.5 Å². The monoisotopic (exact) mass is 235 g/mol. The third-order valence-corrected chi connectivity index (χ3v) is 2.88. The number of hydrogen-bond donors (Lipinski definition) is 1. The van der Waals surface area contributed by atoms with Crippen molar-refractivity contribution in [3.05, 3.63) is 35.1 Å². The van der Waals surface area contributed by atoms with E-state index in [9.17, 15) is 0 Å². The van der Waals surface area contributed by atoms with Crippen molar-refractivity contribution in [2.75, 3.05) is 5.73 Å². The van der Waals surface area contributed by atoms with Gasteiger partial charge in [0.15, 0.2) is 0 Å². The maximum absolute atomic E-state index is 6.02. The predicted octanol–water partition coefficient (Wildman–Crippen LogP) is 2.89. The van der Waals surface area contributed by atoms with Gasteiger partial charge >= 0.3 is 0 Å². The van der Waals surface area contributed by atoms with E-state index >= 15 is 0 Å². The highest BCUT2D eigenvalue weighted by atomic mass is 35.5. The Morgan fingerprint density at radius 3 is 2.75 bits per heavy atom. The average Bonchev–Trinajstić information content (AvgIpc) is 2.56. The van der Waals surface area contributed by atoms with Crippen molar-refractivity contribution >= 4 is 17.4 Å². The Morgan fingerprint density at radius 1 is 1.44 bits per heavy atom. The Labute approximate surface area is 99.9 Å². The first-order valence-corrected chi connectivity index (χ1v) is 5.58. The number of hydrogen-bond acceptors (Lipinski definition) is 2. The topological polar surface area (TPSA) is 43.8 Å². The third-order valence-electron chi connectivity index (χ3n) is 2.65. The van der Waals surface area contributed by atoms with Crippen LogP contribution in [0.2, 0.25) is 5.02 Å². The van der Waals surface area contributed by atoms with Crippen LogP contribution in [0, 0.1) is 0 Å². The number of anilines is 1. The lowest BCUT2D eigenvalue weighted by Crippen LogP contribution is -2.00. The third kappa shape index (κ3) is 1.78. The SMILES string of the molecule is CCc1nc(-c2cccc(Cl)c2)c(N)n1C. The van der Waals surface area contributed by atoms with Gasteiger partial charge in [-0.1, -0.05) is 30.7 Å². The maximum Gasteiger partial charge on any atom is 0.131 e. The Hall–Kier alpha value is -1.48. The molecule has 0 saturated carbocycles. The van der Waals surface area contributed by atoms with Crippen LogP contribution in [0.4, 0.5) is 5.82 Å². The number of rotatable bonds is 2. The number of nitrogens with zero attached hydrogens (tertiary/aromatic N) is 2. The summed E-state index contributed by atoms with van der Waals surface area (Å²) in [4.78, 5) is 4.52. The van der Waals surface area contributed by atoms with Crippen LogP contribution in [-0.4, -0.2) is 9.55 Å². The molecule has 0 radical (unpaired) electrons. The van der Waals surface area contributed by atoms with Gasteiger partial charge in [0.1, 0.15) is 17.3 Å². The zero-order chi connectivity index (χ0) is 11.7. The molecule has 84 valence electrons. The summed E-state index contributed by atoms with van der Waals surface area (Å²) in [6.07, 6.45) is 0.862. The first-order chi connectivity index (χ1) is 7.63. The molecule has 16 heavy (non-hydrogen) atoms. The molecule has 0 unspecified atom stereocenters. The van der Waals surface area contributed by atoms with Crippen LogP contribution in [0.3, 0.4) is 0 Å². The Morgan fingerprint density at radius 2 is 2.19 bits per heavy atom. The molecule has 0 bridgehead atoms. The molecule has 2 aromatic rings. The van der Waals surface area contributed by atoms with E-state index in [1.54, 1.807) is 0 Å². The van der Waals surface area contributed by atoms with Crippen LogP contribution in [0.1, 0.15) is 12.7 Å². The van der Waals surface area contributed by atoms with Gasteiger partial charge in [0, 0.05) is 24.1 Å². The van der Waals surface area contributed by atoms with Gasteiger partial charge in [0.2, 0.25) is 0 Å². The smallest absolute Gasteiger partial charge is 0.131 e. The van der Waals surface area contributed by atoms with Crippen LogP contribution in [0.25, 0.3) is 11.3 Å². The summed E-state index contributed by atoms with van der Waals surface area (Å²) >= 11 is 5.95. The molecule has 1 aromatic heterocycles. The lowest BCUT2D eigenvalue weighted by molar-refractivity contribution is 0.816. The van der Waals surface area contributed by atoms with Gasteiger partial charge in [-0.15, -0.1) is 0 Å². The molecule has 0 saturated heterocycles. The minimum Gasteiger partial charge on any atom is -0.383 e. The van der Waals surface area contributed by atoms with Crippen molar-refractivity contribution in [2.24, 2.45) is 7.05 Å². The average molecular weight is 236 g/mol. The van der Waals surface area contributed by atoms with Crippen molar-refractivity contribution in [3.8, 4) is 11.3 Å². The van der Waals surface area contributed by atoms with Gasteiger partial charge in [-0.25, -0.2) is 4.98 Å². The molecule has 0 spiro atoms. The van der Waals surface area contributed by atoms with E-state index in [2.05, 4.69) is 11.9 Å². The number of aryl methyl sites for hydroxylation is 1. The fourth-order valence-corrected chi connectivity index (χ4v) is 1.91. The second kappa shape index (κ2) is 4.18. The second-order valence-electron chi connectivity index (χ2n) is 3.68. The van der Waals surface area contributed by atoms with Crippen LogP contribution in [0.15, 0.2) is 24.3 Å². The second-order valence-corrected chi connectivity index (χ2v) is 4.12. The van der Waals surface area contributed by atoms with Gasteiger partial charge in [-0.3, -0.25) is 0 Å². The maximum atomic E-state index is 6.02. The van der Waals surface area contributed by atoms with Crippen molar-refractivity contribution in [1.29, 1.82) is 0 Å². The standard InChI is InChI=1S/C12H14ClN3/c1-3-10-15-11(12(14)16(10)2)8-5-4-6-9(13)7-8/h4-7H,3,14H2,1-2H3. The first kappa shape index (κ1) is 11.0. The molecule has 0 amide bonds. The predicted molar refractivity (Wildman–Crippen MR) is 67.4 cm³/mol. The molecule has 1 heterocycles. The molecule has 0 aliphatic heterocycles. The largest absolute Gasteiger partial charge is 0.383 e. The van der Waals surface area contributed by atoms with Gasteiger partial charge in [-0.2, -0.15) is 0 Å². The highest BCUT2D eigenvalue weighted by Crippen LogP contribution is 2.27. The van der Waals surface area contributed by atoms with Crippen LogP contribution in [0.5, 0.6) is 0 Å². The molecule has 1 aromatic carbocycles. The Bertz CT molecular complexity index is 517. The van der Waals surface area contributed by atoms with Crippen LogP contribution >= 0.6 is 11.6 Å². The van der Waals surface area contributed by atoms with Crippen molar-refractivity contribution < 1.29 is 0 Å². The molecule has 4 heteroatoms. The molecular weight excluding hydrogens is 222 g/mol. The summed E-state index contributed by atoms with van der Waals surface area (Å²) in [6, 6.07) is 7.58. The van der Waals surface area contributed by atoms with E-state index in [-0.39, 0.29) is 0 Å². The Kier molecular flexibility index (Phi) is 2.88. The molecule has 3 nitrogen and oxygen atoms in total. The van der Waals surface area contributed by atoms with Gasteiger partial charge in [-0.05, 0) is 12.1 Å². The first-order valence-electron chi connectivity index (χ1n) is 5.20. The van der Waals surface area contributed by atoms with E-state index < -0.39 is 0 Å². The highest BCUT2D eigenvalue weighted by molar-refractivity contribution is 6.30. The summed E-state index contributed by atoms with van der Waals surface area (Å²) in [5.41, 5.74) is 7.78. The molecule has 0 aliphatic rings. The number of imidazole rings is 1. The Balaban J connectivity index is 2.56. The number of halogens is 1. The molecular formula is C12H14ClN3. The lowest BCUT2D eigenvalue weighted by atomic mass is 10.1. The molecule has 2 N–H and O–H groups in total. The number of nitrogens with two attached hydrogens (primary N) is 1. The van der Waals surface area contributed by atoms with Crippen LogP contribution < -0.4 is 5.73 Å². The summed E-state index contributed by atoms with van der Waals surface area (Å²) in [7, 11) is 1.93. The molecule has 0 atom stereocenters. The zero-order valence-corrected chi connectivity index (χ0v) is 10.1. The summed E-state index contributed by atoms with van der Waals surface area (Å²) in [6.45, 7) is 2.06. The molecule has 2 rings (SSSR count). The fraction of sp³-hybridized carbons (Fsp3) is 0.250. The molecule has 0 fully saturated rings. The van der Waals surface area contributed by atoms with Gasteiger partial charge < -0.3 is 10.3 Å². The van der Waals surface area contributed by atoms with Gasteiger partial charge in [0.05, 0.1) is 0 Å².